The molecule has 152 valence electrons. The Balaban J connectivity index is -0.000000144. The molecule has 0 bridgehead atoms. The smallest absolute Gasteiger partial charge is 0.360 e. The first-order valence-electron chi connectivity index (χ1n) is 6.14. The quantitative estimate of drug-likeness (QED) is 0.246. The van der Waals surface area contributed by atoms with Gasteiger partial charge in [-0.1, -0.05) is 0 Å². The minimum atomic E-state index is -3.21. The molecule has 0 atom stereocenters. The van der Waals surface area contributed by atoms with E-state index in [2.05, 4.69) is 10.1 Å². The number of methoxy groups -OCH3 is 1. The summed E-state index contributed by atoms with van der Waals surface area (Å²) in [4.78, 5) is 58.3. The van der Waals surface area contributed by atoms with Crippen molar-refractivity contribution in [2.24, 2.45) is 0 Å². The van der Waals surface area contributed by atoms with Crippen LogP contribution >= 0.6 is 0 Å². The lowest BCUT2D eigenvalue weighted by atomic mass is 10.1. The third kappa shape index (κ3) is 18.8. The summed E-state index contributed by atoms with van der Waals surface area (Å²) in [5.74, 6) is -8.72. The third-order valence-corrected chi connectivity index (χ3v) is 1.54. The van der Waals surface area contributed by atoms with E-state index in [1.165, 1.54) is 0 Å². The van der Waals surface area contributed by atoms with Crippen molar-refractivity contribution in [3.63, 3.8) is 0 Å². The Kier molecular flexibility index (Phi) is 19.5. The number of likely N-dealkylation sites (N-methyl/N-ethyl adjacent to an activating group) is 1. The standard InChI is InChI=1S/C5H6O7.C3H7NO2.2C2H4O2/c1-12-5(2(6)7,3(8)9)4(10)11;1-4-2-3(5)6;2*1-2(3)4/h1H3,(H,6,7)(H,8,9)(H,10,11);4H,2H2,1H3,(H,5,6);2*1H3,(H,3,4). The van der Waals surface area contributed by atoms with Gasteiger partial charge in [-0.15, -0.1) is 0 Å². The molecule has 0 aliphatic rings. The van der Waals surface area contributed by atoms with Gasteiger partial charge < -0.3 is 40.7 Å². The monoisotopic (exact) mass is 387 g/mol. The lowest BCUT2D eigenvalue weighted by Crippen LogP contribution is -2.55. The van der Waals surface area contributed by atoms with Crippen LogP contribution in [0.25, 0.3) is 0 Å². The molecule has 0 saturated carbocycles. The SMILES string of the molecule is CC(=O)O.CC(=O)O.CNCC(=O)O.COC(C(=O)O)(C(=O)O)C(=O)O. The van der Waals surface area contributed by atoms with E-state index in [9.17, 15) is 19.2 Å². The summed E-state index contributed by atoms with van der Waals surface area (Å²) in [6.45, 7) is 2.21. The second kappa shape index (κ2) is 16.6. The molecule has 0 saturated heterocycles. The predicted octanol–water partition coefficient (Wildman–Crippen LogP) is -1.90. The van der Waals surface area contributed by atoms with Crippen molar-refractivity contribution in [3.8, 4) is 0 Å². The van der Waals surface area contributed by atoms with Gasteiger partial charge in [-0.3, -0.25) is 14.4 Å². The maximum Gasteiger partial charge on any atom is 0.360 e. The number of nitrogens with one attached hydrogen (secondary N) is 1. The van der Waals surface area contributed by atoms with E-state index >= 15 is 0 Å². The summed E-state index contributed by atoms with van der Waals surface area (Å²) in [6.07, 6.45) is 0. The van der Waals surface area contributed by atoms with Crippen LogP contribution in [-0.2, 0) is 33.5 Å². The van der Waals surface area contributed by atoms with Crippen molar-refractivity contribution in [2.75, 3.05) is 20.7 Å². The van der Waals surface area contributed by atoms with Crippen molar-refractivity contribution in [1.82, 2.24) is 5.32 Å². The zero-order valence-electron chi connectivity index (χ0n) is 14.2. The fourth-order valence-corrected chi connectivity index (χ4v) is 0.688. The molecule has 0 aliphatic carbocycles. The van der Waals surface area contributed by atoms with Crippen LogP contribution < -0.4 is 5.32 Å². The second-order valence-corrected chi connectivity index (χ2v) is 3.76. The summed E-state index contributed by atoms with van der Waals surface area (Å²) < 4.78 is 3.92. The molecule has 0 aromatic rings. The second-order valence-electron chi connectivity index (χ2n) is 3.76. The third-order valence-electron chi connectivity index (χ3n) is 1.54. The van der Waals surface area contributed by atoms with Crippen LogP contribution in [0.5, 0.6) is 0 Å². The van der Waals surface area contributed by atoms with Gasteiger partial charge in [0.05, 0.1) is 6.54 Å². The molecule has 0 radical (unpaired) electrons. The molecule has 0 rings (SSSR count). The van der Waals surface area contributed by atoms with Crippen molar-refractivity contribution in [2.45, 2.75) is 19.4 Å². The molecule has 0 heterocycles. The molecule has 7 N–H and O–H groups in total. The average Bonchev–Trinajstić information content (AvgIpc) is 2.37. The van der Waals surface area contributed by atoms with Gasteiger partial charge in [0.1, 0.15) is 0 Å². The van der Waals surface area contributed by atoms with E-state index in [1.54, 1.807) is 7.05 Å². The predicted molar refractivity (Wildman–Crippen MR) is 80.8 cm³/mol. The van der Waals surface area contributed by atoms with Gasteiger partial charge in [-0.2, -0.15) is 0 Å². The minimum Gasteiger partial charge on any atom is -0.481 e. The number of ether oxygens (including phenoxy) is 1. The highest BCUT2D eigenvalue weighted by Crippen LogP contribution is 2.10. The number of aliphatic carboxylic acids is 6. The molecule has 0 spiro atoms. The Morgan fingerprint density at radius 2 is 1.00 bits per heavy atom. The van der Waals surface area contributed by atoms with Crippen molar-refractivity contribution < 1.29 is 64.1 Å². The highest BCUT2D eigenvalue weighted by Gasteiger charge is 2.55. The summed E-state index contributed by atoms with van der Waals surface area (Å²) in [5, 5.41) is 50.0. The van der Waals surface area contributed by atoms with Crippen LogP contribution in [0, 0.1) is 0 Å². The number of carbonyl (C=O) groups is 6. The van der Waals surface area contributed by atoms with E-state index in [4.69, 9.17) is 40.2 Å². The molecule has 0 aromatic carbocycles. The topological polar surface area (TPSA) is 245 Å². The van der Waals surface area contributed by atoms with Crippen LogP contribution in [0.4, 0.5) is 0 Å². The number of rotatable bonds is 6. The van der Waals surface area contributed by atoms with Crippen LogP contribution in [0.1, 0.15) is 13.8 Å². The number of hydrogen-bond donors (Lipinski definition) is 7. The van der Waals surface area contributed by atoms with Crippen LogP contribution in [0.2, 0.25) is 0 Å². The fraction of sp³-hybridized carbons (Fsp3) is 0.500. The average molecular weight is 387 g/mol. The molecule has 14 nitrogen and oxygen atoms in total. The first-order valence-corrected chi connectivity index (χ1v) is 6.14. The molecule has 14 heteroatoms. The van der Waals surface area contributed by atoms with E-state index in [0.717, 1.165) is 13.8 Å². The highest BCUT2D eigenvalue weighted by molar-refractivity contribution is 6.20. The van der Waals surface area contributed by atoms with Gasteiger partial charge in [0.2, 0.25) is 0 Å². The summed E-state index contributed by atoms with van der Waals surface area (Å²) in [7, 11) is 2.28. The van der Waals surface area contributed by atoms with Gasteiger partial charge >= 0.3 is 29.5 Å². The van der Waals surface area contributed by atoms with Gasteiger partial charge in [-0.05, 0) is 7.05 Å². The van der Waals surface area contributed by atoms with Crippen molar-refractivity contribution in [1.29, 1.82) is 0 Å². The minimum absolute atomic E-state index is 0.0417. The number of carboxylic acids is 6. The Hall–Kier alpha value is -3.26. The number of hydrogen-bond acceptors (Lipinski definition) is 8. The Bertz CT molecular complexity index is 443. The van der Waals surface area contributed by atoms with E-state index < -0.39 is 41.4 Å². The fourth-order valence-electron chi connectivity index (χ4n) is 0.688. The van der Waals surface area contributed by atoms with Gasteiger partial charge in [0, 0.05) is 21.0 Å². The van der Waals surface area contributed by atoms with Gasteiger partial charge in [0.15, 0.2) is 0 Å². The zero-order chi connectivity index (χ0) is 22.1. The van der Waals surface area contributed by atoms with Crippen molar-refractivity contribution in [3.05, 3.63) is 0 Å². The van der Waals surface area contributed by atoms with Gasteiger partial charge in [0.25, 0.3) is 11.9 Å². The first-order chi connectivity index (χ1) is 11.6. The number of carboxylic acid groups (broad SMARTS) is 6. The van der Waals surface area contributed by atoms with E-state index in [0.29, 0.717) is 7.11 Å². The largest absolute Gasteiger partial charge is 0.481 e. The Labute approximate surface area is 146 Å². The molecule has 0 amide bonds. The van der Waals surface area contributed by atoms with E-state index in [1.807, 2.05) is 0 Å². The molecule has 0 aromatic heterocycles. The molecule has 0 aliphatic heterocycles. The van der Waals surface area contributed by atoms with Crippen LogP contribution in [0.3, 0.4) is 0 Å². The molecular weight excluding hydrogens is 366 g/mol. The Morgan fingerprint density at radius 3 is 1.00 bits per heavy atom. The maximum absolute atomic E-state index is 10.2. The summed E-state index contributed by atoms with van der Waals surface area (Å²) >= 11 is 0. The first kappa shape index (κ1) is 30.6. The maximum atomic E-state index is 10.2. The lowest BCUT2D eigenvalue weighted by molar-refractivity contribution is -0.190. The normalized spacial score (nSPS) is 8.77. The van der Waals surface area contributed by atoms with E-state index in [-0.39, 0.29) is 6.54 Å². The summed E-state index contributed by atoms with van der Waals surface area (Å²) in [6, 6.07) is 0. The molecular formula is C12H21NO13. The molecule has 0 fully saturated rings. The van der Waals surface area contributed by atoms with Crippen LogP contribution in [0.15, 0.2) is 0 Å². The molecule has 0 unspecified atom stereocenters. The highest BCUT2D eigenvalue weighted by atomic mass is 16.6. The molecule has 26 heavy (non-hydrogen) atoms. The Morgan fingerprint density at radius 1 is 0.769 bits per heavy atom. The van der Waals surface area contributed by atoms with Crippen LogP contribution in [-0.4, -0.2) is 92.8 Å². The zero-order valence-corrected chi connectivity index (χ0v) is 14.2. The summed E-state index contributed by atoms with van der Waals surface area (Å²) in [5.41, 5.74) is -3.21. The van der Waals surface area contributed by atoms with Gasteiger partial charge in [-0.25, -0.2) is 14.4 Å². The van der Waals surface area contributed by atoms with Crippen molar-refractivity contribution >= 4 is 35.8 Å². The lowest BCUT2D eigenvalue weighted by Gasteiger charge is -2.17.